The number of aromatic nitrogens is 1. The smallest absolute Gasteiger partial charge is 0.309 e. The molecular formula is C13H13NO3. The van der Waals surface area contributed by atoms with Crippen LogP contribution < -0.4 is 0 Å². The number of hydrogen-bond donors (Lipinski definition) is 1. The first kappa shape index (κ1) is 11.4. The Bertz CT molecular complexity index is 558. The normalized spacial score (nSPS) is 10.5. The largest absolute Gasteiger partial charge is 0.481 e. The number of carboxylic acid groups (broad SMARTS) is 1. The van der Waals surface area contributed by atoms with Gasteiger partial charge in [0.05, 0.1) is 12.1 Å². The quantitative estimate of drug-likeness (QED) is 0.881. The molecule has 0 amide bonds. The molecule has 0 aliphatic carbocycles. The van der Waals surface area contributed by atoms with Gasteiger partial charge in [-0.2, -0.15) is 0 Å². The minimum Gasteiger partial charge on any atom is -0.481 e. The van der Waals surface area contributed by atoms with E-state index in [9.17, 15) is 4.79 Å². The van der Waals surface area contributed by atoms with E-state index in [0.29, 0.717) is 11.5 Å². The Morgan fingerprint density at radius 3 is 2.76 bits per heavy atom. The Hall–Kier alpha value is -2.10. The van der Waals surface area contributed by atoms with E-state index in [4.69, 9.17) is 9.52 Å². The summed E-state index contributed by atoms with van der Waals surface area (Å²) < 4.78 is 5.27. The third-order valence-corrected chi connectivity index (χ3v) is 2.73. The van der Waals surface area contributed by atoms with Crippen LogP contribution in [0.15, 0.2) is 29.0 Å². The second-order valence-electron chi connectivity index (χ2n) is 4.00. The molecule has 4 nitrogen and oxygen atoms in total. The molecule has 0 bridgehead atoms. The molecule has 88 valence electrons. The zero-order valence-electron chi connectivity index (χ0n) is 9.73. The van der Waals surface area contributed by atoms with Crippen molar-refractivity contribution in [2.24, 2.45) is 0 Å². The van der Waals surface area contributed by atoms with Crippen LogP contribution in [0.5, 0.6) is 0 Å². The Labute approximate surface area is 98.9 Å². The number of oxazole rings is 1. The standard InChI is InChI=1S/C13H13NO3/c1-8-3-4-10(5-9(8)2)13-11(6-12(15)16)14-7-17-13/h3-5,7H,6H2,1-2H3,(H,15,16). The van der Waals surface area contributed by atoms with Gasteiger partial charge in [-0.05, 0) is 31.0 Å². The summed E-state index contributed by atoms with van der Waals surface area (Å²) in [6.07, 6.45) is 1.15. The molecule has 1 N–H and O–H groups in total. The molecule has 1 aromatic carbocycles. The molecule has 0 saturated carbocycles. The Morgan fingerprint density at radius 1 is 1.35 bits per heavy atom. The summed E-state index contributed by atoms with van der Waals surface area (Å²) >= 11 is 0. The van der Waals surface area contributed by atoms with Crippen LogP contribution in [-0.4, -0.2) is 16.1 Å². The van der Waals surface area contributed by atoms with Crippen LogP contribution in [0.1, 0.15) is 16.8 Å². The highest BCUT2D eigenvalue weighted by atomic mass is 16.4. The monoisotopic (exact) mass is 231 g/mol. The average molecular weight is 231 g/mol. The van der Waals surface area contributed by atoms with Crippen molar-refractivity contribution in [2.45, 2.75) is 20.3 Å². The maximum absolute atomic E-state index is 10.7. The fraction of sp³-hybridized carbons (Fsp3) is 0.231. The van der Waals surface area contributed by atoms with Crippen LogP contribution in [-0.2, 0) is 11.2 Å². The van der Waals surface area contributed by atoms with Gasteiger partial charge in [0, 0.05) is 5.56 Å². The number of aryl methyl sites for hydroxylation is 2. The van der Waals surface area contributed by atoms with Gasteiger partial charge in [-0.15, -0.1) is 0 Å². The number of nitrogens with zero attached hydrogens (tertiary/aromatic N) is 1. The van der Waals surface area contributed by atoms with Gasteiger partial charge in [0.1, 0.15) is 0 Å². The number of hydrogen-bond acceptors (Lipinski definition) is 3. The minimum absolute atomic E-state index is 0.126. The molecule has 0 saturated heterocycles. The van der Waals surface area contributed by atoms with Gasteiger partial charge in [-0.1, -0.05) is 12.1 Å². The van der Waals surface area contributed by atoms with E-state index in [1.807, 2.05) is 32.0 Å². The first-order valence-electron chi connectivity index (χ1n) is 5.29. The summed E-state index contributed by atoms with van der Waals surface area (Å²) in [5.41, 5.74) is 3.65. The van der Waals surface area contributed by atoms with Crippen molar-refractivity contribution in [3.8, 4) is 11.3 Å². The second kappa shape index (κ2) is 4.41. The molecule has 2 aromatic rings. The van der Waals surface area contributed by atoms with E-state index < -0.39 is 5.97 Å². The van der Waals surface area contributed by atoms with Gasteiger partial charge in [0.2, 0.25) is 0 Å². The molecule has 0 aliphatic rings. The summed E-state index contributed by atoms with van der Waals surface area (Å²) in [4.78, 5) is 14.6. The van der Waals surface area contributed by atoms with E-state index in [1.165, 1.54) is 12.0 Å². The highest BCUT2D eigenvalue weighted by Gasteiger charge is 2.14. The molecule has 2 rings (SSSR count). The lowest BCUT2D eigenvalue weighted by atomic mass is 10.0. The zero-order chi connectivity index (χ0) is 12.4. The lowest BCUT2D eigenvalue weighted by molar-refractivity contribution is -0.136. The Kier molecular flexibility index (Phi) is 2.95. The molecule has 1 heterocycles. The topological polar surface area (TPSA) is 63.3 Å². The number of benzene rings is 1. The van der Waals surface area contributed by atoms with Gasteiger partial charge >= 0.3 is 5.97 Å². The fourth-order valence-corrected chi connectivity index (χ4v) is 1.66. The molecule has 0 aliphatic heterocycles. The number of carboxylic acids is 1. The third kappa shape index (κ3) is 2.36. The van der Waals surface area contributed by atoms with Crippen LogP contribution >= 0.6 is 0 Å². The first-order chi connectivity index (χ1) is 8.08. The molecule has 0 atom stereocenters. The van der Waals surface area contributed by atoms with Crippen molar-refractivity contribution < 1.29 is 14.3 Å². The molecule has 4 heteroatoms. The van der Waals surface area contributed by atoms with E-state index in [1.54, 1.807) is 0 Å². The van der Waals surface area contributed by atoms with Crippen LogP contribution in [0.2, 0.25) is 0 Å². The zero-order valence-corrected chi connectivity index (χ0v) is 9.73. The van der Waals surface area contributed by atoms with Crippen LogP contribution in [0.25, 0.3) is 11.3 Å². The molecule has 0 unspecified atom stereocenters. The highest BCUT2D eigenvalue weighted by molar-refractivity contribution is 5.73. The lowest BCUT2D eigenvalue weighted by Gasteiger charge is -2.03. The van der Waals surface area contributed by atoms with Crippen molar-refractivity contribution in [3.05, 3.63) is 41.4 Å². The lowest BCUT2D eigenvalue weighted by Crippen LogP contribution is -2.01. The Balaban J connectivity index is 2.42. The van der Waals surface area contributed by atoms with E-state index in [0.717, 1.165) is 11.1 Å². The molecule has 17 heavy (non-hydrogen) atoms. The van der Waals surface area contributed by atoms with Crippen molar-refractivity contribution in [1.82, 2.24) is 4.98 Å². The first-order valence-corrected chi connectivity index (χ1v) is 5.29. The van der Waals surface area contributed by atoms with Crippen LogP contribution in [0, 0.1) is 13.8 Å². The molecule has 1 aromatic heterocycles. The third-order valence-electron chi connectivity index (χ3n) is 2.73. The van der Waals surface area contributed by atoms with E-state index >= 15 is 0 Å². The number of carbonyl (C=O) groups is 1. The predicted molar refractivity (Wildman–Crippen MR) is 62.8 cm³/mol. The van der Waals surface area contributed by atoms with Gasteiger partial charge in [0.25, 0.3) is 0 Å². The van der Waals surface area contributed by atoms with Crippen LogP contribution in [0.3, 0.4) is 0 Å². The highest BCUT2D eigenvalue weighted by Crippen LogP contribution is 2.25. The van der Waals surface area contributed by atoms with Gasteiger partial charge < -0.3 is 9.52 Å². The van der Waals surface area contributed by atoms with Crippen molar-refractivity contribution in [3.63, 3.8) is 0 Å². The molecule has 0 radical (unpaired) electrons. The number of aliphatic carboxylic acids is 1. The van der Waals surface area contributed by atoms with Crippen molar-refractivity contribution >= 4 is 5.97 Å². The summed E-state index contributed by atoms with van der Waals surface area (Å²) in [6.45, 7) is 4.03. The van der Waals surface area contributed by atoms with E-state index in [-0.39, 0.29) is 6.42 Å². The Morgan fingerprint density at radius 2 is 2.12 bits per heavy atom. The summed E-state index contributed by atoms with van der Waals surface area (Å²) in [6, 6.07) is 5.87. The van der Waals surface area contributed by atoms with Crippen LogP contribution in [0.4, 0.5) is 0 Å². The maximum atomic E-state index is 10.7. The van der Waals surface area contributed by atoms with Crippen molar-refractivity contribution in [2.75, 3.05) is 0 Å². The van der Waals surface area contributed by atoms with Gasteiger partial charge in [-0.3, -0.25) is 4.79 Å². The fourth-order valence-electron chi connectivity index (χ4n) is 1.66. The summed E-state index contributed by atoms with van der Waals surface area (Å²) in [5, 5.41) is 8.77. The molecular weight excluding hydrogens is 218 g/mol. The minimum atomic E-state index is -0.913. The predicted octanol–water partition coefficient (Wildman–Crippen LogP) is 2.59. The summed E-state index contributed by atoms with van der Waals surface area (Å²) in [7, 11) is 0. The molecule has 0 fully saturated rings. The SMILES string of the molecule is Cc1ccc(-c2ocnc2CC(=O)O)cc1C. The van der Waals surface area contributed by atoms with Crippen molar-refractivity contribution in [1.29, 1.82) is 0 Å². The van der Waals surface area contributed by atoms with Gasteiger partial charge in [-0.25, -0.2) is 4.98 Å². The van der Waals surface area contributed by atoms with Gasteiger partial charge in [0.15, 0.2) is 12.2 Å². The van der Waals surface area contributed by atoms with E-state index in [2.05, 4.69) is 4.98 Å². The second-order valence-corrected chi connectivity index (χ2v) is 4.00. The summed E-state index contributed by atoms with van der Waals surface area (Å²) in [5.74, 6) is -0.375. The maximum Gasteiger partial charge on any atom is 0.309 e. The average Bonchev–Trinajstić information content (AvgIpc) is 2.69. The molecule has 0 spiro atoms. The number of rotatable bonds is 3.